The van der Waals surface area contributed by atoms with Gasteiger partial charge in [0.05, 0.1) is 5.69 Å². The molecule has 2 heterocycles. The van der Waals surface area contributed by atoms with Crippen molar-refractivity contribution in [3.8, 4) is 11.3 Å². The number of piperidine rings is 1. The topological polar surface area (TPSA) is 28.5 Å². The third kappa shape index (κ3) is 4.55. The van der Waals surface area contributed by atoms with Gasteiger partial charge in [0.2, 0.25) is 5.95 Å². The first kappa shape index (κ1) is 21.6. The predicted octanol–water partition coefficient (Wildman–Crippen LogP) is 5.55. The zero-order valence-corrected chi connectivity index (χ0v) is 17.8. The van der Waals surface area contributed by atoms with Gasteiger partial charge in [0.1, 0.15) is 6.17 Å². The van der Waals surface area contributed by atoms with Gasteiger partial charge >= 0.3 is 0 Å². The SMILES string of the molecule is C/N=C/CC1(C(C)(C)C)CCN(Cc2ccc(-c3ccccc3)nc2F)CC1F. The van der Waals surface area contributed by atoms with Crippen molar-refractivity contribution in [1.82, 2.24) is 9.88 Å². The van der Waals surface area contributed by atoms with Crippen molar-refractivity contribution in [3.05, 3.63) is 54.0 Å². The molecule has 156 valence electrons. The lowest BCUT2D eigenvalue weighted by molar-refractivity contribution is -0.0637. The number of hydrogen-bond donors (Lipinski definition) is 0. The highest BCUT2D eigenvalue weighted by Crippen LogP contribution is 2.50. The zero-order chi connectivity index (χ0) is 21.1. The third-order valence-electron chi connectivity index (χ3n) is 6.41. The molecule has 0 N–H and O–H groups in total. The molecule has 2 aromatic rings. The highest BCUT2D eigenvalue weighted by atomic mass is 19.1. The van der Waals surface area contributed by atoms with Crippen molar-refractivity contribution in [3.63, 3.8) is 0 Å². The number of hydrogen-bond acceptors (Lipinski definition) is 3. The Morgan fingerprint density at radius 1 is 1.21 bits per heavy atom. The molecule has 1 aromatic carbocycles. The molecule has 29 heavy (non-hydrogen) atoms. The first-order chi connectivity index (χ1) is 13.8. The van der Waals surface area contributed by atoms with E-state index in [9.17, 15) is 4.39 Å². The Labute approximate surface area is 172 Å². The lowest BCUT2D eigenvalue weighted by Gasteiger charge is -2.51. The zero-order valence-electron chi connectivity index (χ0n) is 17.8. The molecule has 0 saturated carbocycles. The van der Waals surface area contributed by atoms with E-state index in [1.165, 1.54) is 0 Å². The summed E-state index contributed by atoms with van der Waals surface area (Å²) >= 11 is 0. The van der Waals surface area contributed by atoms with E-state index in [0.717, 1.165) is 18.5 Å². The summed E-state index contributed by atoms with van der Waals surface area (Å²) in [6, 6.07) is 13.2. The molecule has 5 heteroatoms. The van der Waals surface area contributed by atoms with Crippen LogP contribution in [-0.4, -0.2) is 42.4 Å². The van der Waals surface area contributed by atoms with Crippen LogP contribution >= 0.6 is 0 Å². The maximum absolute atomic E-state index is 15.4. The van der Waals surface area contributed by atoms with E-state index >= 15 is 4.39 Å². The molecule has 3 nitrogen and oxygen atoms in total. The third-order valence-corrected chi connectivity index (χ3v) is 6.41. The van der Waals surface area contributed by atoms with Gasteiger partial charge in [-0.3, -0.25) is 4.90 Å². The van der Waals surface area contributed by atoms with Gasteiger partial charge in [0.25, 0.3) is 0 Å². The van der Waals surface area contributed by atoms with Gasteiger partial charge < -0.3 is 4.99 Å². The molecular weight excluding hydrogens is 368 g/mol. The van der Waals surface area contributed by atoms with Crippen LogP contribution in [0.25, 0.3) is 11.3 Å². The largest absolute Gasteiger partial charge is 0.301 e. The lowest BCUT2D eigenvalue weighted by atomic mass is 9.59. The molecule has 1 aliphatic heterocycles. The van der Waals surface area contributed by atoms with Gasteiger partial charge in [0.15, 0.2) is 0 Å². The summed E-state index contributed by atoms with van der Waals surface area (Å²) in [6.45, 7) is 7.71. The van der Waals surface area contributed by atoms with Crippen LogP contribution in [0.3, 0.4) is 0 Å². The van der Waals surface area contributed by atoms with Crippen molar-refractivity contribution in [1.29, 1.82) is 0 Å². The standard InChI is InChI=1S/C24H31F2N3/c1-23(2,3)24(12-14-27-4)13-15-29(17-21(24)25)16-19-10-11-20(28-22(19)26)18-8-6-5-7-9-18/h5-11,14,21H,12-13,15-17H2,1-4H3/b27-14+. The van der Waals surface area contributed by atoms with Crippen molar-refractivity contribution < 1.29 is 8.78 Å². The molecule has 2 unspecified atom stereocenters. The van der Waals surface area contributed by atoms with Crippen LogP contribution in [-0.2, 0) is 6.54 Å². The average molecular weight is 400 g/mol. The van der Waals surface area contributed by atoms with E-state index in [4.69, 9.17) is 0 Å². The van der Waals surface area contributed by atoms with Crippen LogP contribution in [0.2, 0.25) is 0 Å². The monoisotopic (exact) mass is 399 g/mol. The van der Waals surface area contributed by atoms with Crippen molar-refractivity contribution in [2.45, 2.75) is 46.3 Å². The van der Waals surface area contributed by atoms with Crippen LogP contribution in [0.1, 0.15) is 39.2 Å². The molecule has 1 aliphatic rings. The summed E-state index contributed by atoms with van der Waals surface area (Å²) in [4.78, 5) is 10.2. The Morgan fingerprint density at radius 3 is 2.52 bits per heavy atom. The lowest BCUT2D eigenvalue weighted by Crippen LogP contribution is -2.54. The number of aliphatic imine (C=N–C) groups is 1. The Morgan fingerprint density at radius 2 is 1.93 bits per heavy atom. The van der Waals surface area contributed by atoms with Crippen LogP contribution in [0.4, 0.5) is 8.78 Å². The van der Waals surface area contributed by atoms with Gasteiger partial charge in [-0.05, 0) is 37.1 Å². The number of halogens is 2. The van der Waals surface area contributed by atoms with Crippen molar-refractivity contribution >= 4 is 6.21 Å². The summed E-state index contributed by atoms with van der Waals surface area (Å²) in [6.07, 6.45) is 2.19. The van der Waals surface area contributed by atoms with E-state index in [-0.39, 0.29) is 5.41 Å². The molecule has 0 radical (unpaired) electrons. The number of rotatable bonds is 5. The van der Waals surface area contributed by atoms with E-state index in [0.29, 0.717) is 30.8 Å². The van der Waals surface area contributed by atoms with Gasteiger partial charge in [0, 0.05) is 36.7 Å². The number of aromatic nitrogens is 1. The second kappa shape index (κ2) is 8.70. The molecule has 1 aromatic heterocycles. The maximum Gasteiger partial charge on any atom is 0.217 e. The van der Waals surface area contributed by atoms with Crippen LogP contribution in [0.15, 0.2) is 47.5 Å². The van der Waals surface area contributed by atoms with Gasteiger partial charge in [-0.2, -0.15) is 4.39 Å². The second-order valence-corrected chi connectivity index (χ2v) is 9.02. The highest BCUT2D eigenvalue weighted by Gasteiger charge is 2.50. The van der Waals surface area contributed by atoms with E-state index in [1.54, 1.807) is 13.1 Å². The summed E-state index contributed by atoms with van der Waals surface area (Å²) in [7, 11) is 1.73. The first-order valence-corrected chi connectivity index (χ1v) is 10.2. The fourth-order valence-corrected chi connectivity index (χ4v) is 4.38. The molecule has 3 rings (SSSR count). The van der Waals surface area contributed by atoms with Gasteiger partial charge in [-0.1, -0.05) is 57.2 Å². The van der Waals surface area contributed by atoms with Crippen molar-refractivity contribution in [2.75, 3.05) is 20.1 Å². The first-order valence-electron chi connectivity index (χ1n) is 10.2. The van der Waals surface area contributed by atoms with E-state index in [2.05, 4.69) is 30.7 Å². The fourth-order valence-electron chi connectivity index (χ4n) is 4.38. The average Bonchev–Trinajstić information content (AvgIpc) is 2.69. The molecule has 1 saturated heterocycles. The molecular formula is C24H31F2N3. The van der Waals surface area contributed by atoms with Crippen molar-refractivity contribution in [2.24, 2.45) is 15.8 Å². The smallest absolute Gasteiger partial charge is 0.217 e. The fraction of sp³-hybridized carbons (Fsp3) is 0.500. The minimum Gasteiger partial charge on any atom is -0.301 e. The Hall–Kier alpha value is -2.14. The van der Waals surface area contributed by atoms with Gasteiger partial charge in [-0.15, -0.1) is 0 Å². The Balaban J connectivity index is 1.73. The normalized spacial score (nSPS) is 23.6. The van der Waals surface area contributed by atoms with E-state index in [1.807, 2.05) is 47.5 Å². The quantitative estimate of drug-likeness (QED) is 0.487. The van der Waals surface area contributed by atoms with Crippen LogP contribution < -0.4 is 0 Å². The minimum atomic E-state index is -0.992. The molecule has 0 amide bonds. The second-order valence-electron chi connectivity index (χ2n) is 9.02. The number of likely N-dealkylation sites (tertiary alicyclic amines) is 1. The minimum absolute atomic E-state index is 0.177. The molecule has 0 spiro atoms. The summed E-state index contributed by atoms with van der Waals surface area (Å²) < 4.78 is 30.1. The number of alkyl halides is 1. The summed E-state index contributed by atoms with van der Waals surface area (Å²) in [5, 5.41) is 0. The Kier molecular flexibility index (Phi) is 6.47. The summed E-state index contributed by atoms with van der Waals surface area (Å²) in [5.41, 5.74) is 1.38. The van der Waals surface area contributed by atoms with Crippen LogP contribution in [0.5, 0.6) is 0 Å². The number of pyridine rings is 1. The Bertz CT molecular complexity index is 845. The predicted molar refractivity (Wildman–Crippen MR) is 115 cm³/mol. The van der Waals surface area contributed by atoms with Crippen LogP contribution in [0, 0.1) is 16.8 Å². The number of nitrogens with zero attached hydrogens (tertiary/aromatic N) is 3. The molecule has 0 bridgehead atoms. The molecule has 1 fully saturated rings. The molecule has 2 atom stereocenters. The highest BCUT2D eigenvalue weighted by molar-refractivity contribution is 5.59. The maximum atomic E-state index is 15.4. The number of benzene rings is 1. The van der Waals surface area contributed by atoms with Gasteiger partial charge in [-0.25, -0.2) is 9.37 Å². The summed E-state index contributed by atoms with van der Waals surface area (Å²) in [5.74, 6) is -0.479. The van der Waals surface area contributed by atoms with E-state index < -0.39 is 17.5 Å². The molecule has 0 aliphatic carbocycles.